The van der Waals surface area contributed by atoms with Crippen molar-refractivity contribution in [3.8, 4) is 17.2 Å². The van der Waals surface area contributed by atoms with Crippen LogP contribution >= 0.6 is 0 Å². The summed E-state index contributed by atoms with van der Waals surface area (Å²) in [6.07, 6.45) is 1.23. The minimum absolute atomic E-state index is 0.0474. The molecule has 0 spiro atoms. The number of para-hydroxylation sites is 1. The van der Waals surface area contributed by atoms with Crippen molar-refractivity contribution in [3.63, 3.8) is 0 Å². The van der Waals surface area contributed by atoms with Crippen molar-refractivity contribution in [2.45, 2.75) is 19.8 Å². The smallest absolute Gasteiger partial charge is 0.343 e. The lowest BCUT2D eigenvalue weighted by atomic mass is 10.0. The molecule has 4 aromatic rings. The van der Waals surface area contributed by atoms with Crippen LogP contribution in [0, 0.1) is 10.1 Å². The van der Waals surface area contributed by atoms with E-state index in [9.17, 15) is 19.7 Å². The van der Waals surface area contributed by atoms with Crippen LogP contribution in [0.5, 0.6) is 17.2 Å². The molecule has 1 aromatic heterocycles. The van der Waals surface area contributed by atoms with Crippen molar-refractivity contribution >= 4 is 22.6 Å². The van der Waals surface area contributed by atoms with Crippen molar-refractivity contribution in [3.05, 3.63) is 104 Å². The van der Waals surface area contributed by atoms with E-state index in [1.165, 1.54) is 48.7 Å². The quantitative estimate of drug-likeness (QED) is 0.159. The summed E-state index contributed by atoms with van der Waals surface area (Å²) in [4.78, 5) is 35.4. The van der Waals surface area contributed by atoms with Gasteiger partial charge in [-0.1, -0.05) is 32.0 Å². The van der Waals surface area contributed by atoms with E-state index in [1.54, 1.807) is 6.07 Å². The van der Waals surface area contributed by atoms with E-state index in [1.807, 2.05) is 32.0 Å². The molecule has 8 heteroatoms. The van der Waals surface area contributed by atoms with Crippen LogP contribution in [0.3, 0.4) is 0 Å². The van der Waals surface area contributed by atoms with Crippen LogP contribution in [0.4, 0.5) is 5.69 Å². The van der Waals surface area contributed by atoms with Gasteiger partial charge in [-0.2, -0.15) is 0 Å². The number of carbonyl (C=O) groups is 1. The number of carbonyl (C=O) groups excluding carboxylic acids is 1. The zero-order valence-electron chi connectivity index (χ0n) is 17.8. The first-order chi connectivity index (χ1) is 15.8. The fraction of sp³-hybridized carbons (Fsp3) is 0.120. The van der Waals surface area contributed by atoms with Gasteiger partial charge in [-0.25, -0.2) is 4.79 Å². The van der Waals surface area contributed by atoms with E-state index >= 15 is 0 Å². The van der Waals surface area contributed by atoms with Crippen LogP contribution in [-0.2, 0) is 0 Å². The number of ether oxygens (including phenoxy) is 2. The molecule has 0 aliphatic carbocycles. The summed E-state index contributed by atoms with van der Waals surface area (Å²) in [5.41, 5.74) is 0.842. The lowest BCUT2D eigenvalue weighted by molar-refractivity contribution is -0.384. The van der Waals surface area contributed by atoms with Crippen LogP contribution in [0.25, 0.3) is 11.0 Å². The van der Waals surface area contributed by atoms with E-state index < -0.39 is 10.9 Å². The number of non-ortho nitro benzene ring substituents is 1. The second kappa shape index (κ2) is 8.96. The maximum atomic E-state index is 12.9. The molecule has 166 valence electrons. The first-order valence-corrected chi connectivity index (χ1v) is 10.1. The monoisotopic (exact) mass is 445 g/mol. The average molecular weight is 445 g/mol. The fourth-order valence-electron chi connectivity index (χ4n) is 3.28. The summed E-state index contributed by atoms with van der Waals surface area (Å²) in [5.74, 6) is 0.297. The number of nitro groups is 1. The largest absolute Gasteiger partial charge is 0.460 e. The molecule has 0 saturated carbocycles. The van der Waals surface area contributed by atoms with E-state index in [0.29, 0.717) is 5.75 Å². The van der Waals surface area contributed by atoms with Crippen LogP contribution in [0.15, 0.2) is 82.2 Å². The Morgan fingerprint density at radius 3 is 2.42 bits per heavy atom. The van der Waals surface area contributed by atoms with Crippen LogP contribution in [0.1, 0.15) is 35.7 Å². The third-order valence-electron chi connectivity index (χ3n) is 5.00. The first kappa shape index (κ1) is 21.8. The fourth-order valence-corrected chi connectivity index (χ4v) is 3.28. The molecule has 0 unspecified atom stereocenters. The SMILES string of the molecule is CC(C)c1ccccc1Oc1coc2cc(OC(=O)c3ccc([N+](=O)[O-])cc3)ccc2c1=O. The van der Waals surface area contributed by atoms with Gasteiger partial charge < -0.3 is 13.9 Å². The van der Waals surface area contributed by atoms with Gasteiger partial charge in [0.15, 0.2) is 0 Å². The van der Waals surface area contributed by atoms with E-state index in [2.05, 4.69) is 0 Å². The molecule has 33 heavy (non-hydrogen) atoms. The summed E-state index contributed by atoms with van der Waals surface area (Å²) in [6, 6.07) is 16.9. The van der Waals surface area contributed by atoms with E-state index in [4.69, 9.17) is 13.9 Å². The van der Waals surface area contributed by atoms with Crippen molar-refractivity contribution < 1.29 is 23.6 Å². The molecule has 1 heterocycles. The second-order valence-electron chi connectivity index (χ2n) is 7.58. The van der Waals surface area contributed by atoms with Crippen molar-refractivity contribution in [1.29, 1.82) is 0 Å². The Morgan fingerprint density at radius 2 is 1.73 bits per heavy atom. The van der Waals surface area contributed by atoms with Crippen molar-refractivity contribution in [2.75, 3.05) is 0 Å². The normalized spacial score (nSPS) is 10.9. The Bertz CT molecular complexity index is 1400. The van der Waals surface area contributed by atoms with Crippen LogP contribution in [0.2, 0.25) is 0 Å². The Balaban J connectivity index is 1.57. The number of esters is 1. The molecule has 3 aromatic carbocycles. The minimum Gasteiger partial charge on any atom is -0.460 e. The number of hydrogen-bond donors (Lipinski definition) is 0. The summed E-state index contributed by atoms with van der Waals surface area (Å²) in [5, 5.41) is 11.0. The summed E-state index contributed by atoms with van der Waals surface area (Å²) in [6.45, 7) is 4.06. The van der Waals surface area contributed by atoms with Gasteiger partial charge >= 0.3 is 5.97 Å². The van der Waals surface area contributed by atoms with Gasteiger partial charge in [0.1, 0.15) is 23.3 Å². The molecule has 0 fully saturated rings. The number of benzene rings is 3. The molecular formula is C25H19NO7. The highest BCUT2D eigenvalue weighted by Crippen LogP contribution is 2.30. The Morgan fingerprint density at radius 1 is 1.00 bits per heavy atom. The van der Waals surface area contributed by atoms with Crippen molar-refractivity contribution in [2.24, 2.45) is 0 Å². The van der Waals surface area contributed by atoms with Gasteiger partial charge in [0.05, 0.1) is 15.9 Å². The average Bonchev–Trinajstić information content (AvgIpc) is 2.81. The molecule has 0 atom stereocenters. The number of nitrogens with zero attached hydrogens (tertiary/aromatic N) is 1. The highest BCUT2D eigenvalue weighted by Gasteiger charge is 2.15. The number of fused-ring (bicyclic) bond motifs is 1. The molecule has 4 rings (SSSR count). The van der Waals surface area contributed by atoms with Crippen LogP contribution in [-0.4, -0.2) is 10.9 Å². The Kier molecular flexibility index (Phi) is 5.91. The molecule has 8 nitrogen and oxygen atoms in total. The zero-order chi connectivity index (χ0) is 23.5. The molecule has 0 radical (unpaired) electrons. The summed E-state index contributed by atoms with van der Waals surface area (Å²) in [7, 11) is 0. The van der Waals surface area contributed by atoms with E-state index in [-0.39, 0.29) is 45.1 Å². The minimum atomic E-state index is -0.697. The third kappa shape index (κ3) is 4.59. The molecule has 0 aliphatic heterocycles. The third-order valence-corrected chi connectivity index (χ3v) is 5.00. The van der Waals surface area contributed by atoms with Gasteiger partial charge in [0, 0.05) is 18.2 Å². The number of rotatable bonds is 6. The number of nitro benzene ring substituents is 1. The lowest BCUT2D eigenvalue weighted by Gasteiger charge is -2.13. The lowest BCUT2D eigenvalue weighted by Crippen LogP contribution is -2.09. The molecule has 0 N–H and O–H groups in total. The molecule has 0 bridgehead atoms. The van der Waals surface area contributed by atoms with Crippen molar-refractivity contribution in [1.82, 2.24) is 0 Å². The topological polar surface area (TPSA) is 109 Å². The number of hydrogen-bond acceptors (Lipinski definition) is 7. The highest BCUT2D eigenvalue weighted by atomic mass is 16.6. The van der Waals surface area contributed by atoms with Gasteiger partial charge in [-0.05, 0) is 41.8 Å². The van der Waals surface area contributed by atoms with Gasteiger partial charge in [-0.3, -0.25) is 14.9 Å². The van der Waals surface area contributed by atoms with Gasteiger partial charge in [-0.15, -0.1) is 0 Å². The maximum absolute atomic E-state index is 12.9. The standard InChI is InChI=1S/C25H19NO7/c1-15(2)19-5-3-4-6-21(19)33-23-14-31-22-13-18(11-12-20(22)24(23)27)32-25(28)16-7-9-17(10-8-16)26(29)30/h3-15H,1-2H3. The first-order valence-electron chi connectivity index (χ1n) is 10.1. The maximum Gasteiger partial charge on any atom is 0.343 e. The predicted molar refractivity (Wildman–Crippen MR) is 121 cm³/mol. The second-order valence-corrected chi connectivity index (χ2v) is 7.58. The van der Waals surface area contributed by atoms with Gasteiger partial charge in [0.2, 0.25) is 11.2 Å². The molecule has 0 aliphatic rings. The molecule has 0 amide bonds. The highest BCUT2D eigenvalue weighted by molar-refractivity contribution is 5.92. The zero-order valence-corrected chi connectivity index (χ0v) is 17.8. The van der Waals surface area contributed by atoms with Crippen LogP contribution < -0.4 is 14.9 Å². The van der Waals surface area contributed by atoms with E-state index in [0.717, 1.165) is 5.56 Å². The van der Waals surface area contributed by atoms with Gasteiger partial charge in [0.25, 0.3) is 5.69 Å². The summed E-state index contributed by atoms with van der Waals surface area (Å²) >= 11 is 0. The predicted octanol–water partition coefficient (Wildman–Crippen LogP) is 5.84. The molecular weight excluding hydrogens is 426 g/mol. The summed E-state index contributed by atoms with van der Waals surface area (Å²) < 4.78 is 16.7. The Labute approximate surface area is 188 Å². The molecule has 0 saturated heterocycles. The Hall–Kier alpha value is -4.46.